The van der Waals surface area contributed by atoms with Crippen molar-refractivity contribution in [1.82, 2.24) is 15.2 Å². The third-order valence-corrected chi connectivity index (χ3v) is 7.34. The summed E-state index contributed by atoms with van der Waals surface area (Å²) in [6, 6.07) is 19.1. The number of phenolic OH excluding ortho intramolecular Hbond substituents is 1. The maximum Gasteiger partial charge on any atom is 0.251 e. The van der Waals surface area contributed by atoms with Crippen molar-refractivity contribution in [3.05, 3.63) is 99.8 Å². The van der Waals surface area contributed by atoms with Crippen LogP contribution < -0.4 is 5.32 Å². The highest BCUT2D eigenvalue weighted by atomic mass is 35.5. The number of piperidine rings is 1. The van der Waals surface area contributed by atoms with Gasteiger partial charge in [0.15, 0.2) is 0 Å². The fourth-order valence-corrected chi connectivity index (χ4v) is 5.12. The molecule has 1 fully saturated rings. The molecule has 1 aliphatic heterocycles. The van der Waals surface area contributed by atoms with Crippen LogP contribution in [0.3, 0.4) is 0 Å². The smallest absolute Gasteiger partial charge is 0.251 e. The van der Waals surface area contributed by atoms with Crippen molar-refractivity contribution in [2.45, 2.75) is 24.7 Å². The number of nitrogens with zero attached hydrogens (tertiary/aromatic N) is 2. The molecule has 1 saturated heterocycles. The lowest BCUT2D eigenvalue weighted by Gasteiger charge is -2.42. The van der Waals surface area contributed by atoms with Gasteiger partial charge in [-0.1, -0.05) is 72.2 Å². The summed E-state index contributed by atoms with van der Waals surface area (Å²) in [6.07, 6.45) is 4.13. The molecule has 1 aromatic heterocycles. The van der Waals surface area contributed by atoms with Crippen molar-refractivity contribution in [3.63, 3.8) is 0 Å². The molecule has 0 aliphatic carbocycles. The molecule has 0 radical (unpaired) electrons. The van der Waals surface area contributed by atoms with Gasteiger partial charge >= 0.3 is 0 Å². The van der Waals surface area contributed by atoms with Gasteiger partial charge in [0, 0.05) is 24.1 Å². The molecule has 0 saturated carbocycles. The first-order chi connectivity index (χ1) is 16.9. The second kappa shape index (κ2) is 11.3. The zero-order valence-corrected chi connectivity index (χ0v) is 21.0. The minimum Gasteiger partial charge on any atom is -0.506 e. The normalized spacial score (nSPS) is 15.5. The van der Waals surface area contributed by atoms with Gasteiger partial charge in [0.25, 0.3) is 5.91 Å². The summed E-state index contributed by atoms with van der Waals surface area (Å²) >= 11 is 12.1. The van der Waals surface area contributed by atoms with Gasteiger partial charge < -0.3 is 15.3 Å². The van der Waals surface area contributed by atoms with E-state index >= 15 is 0 Å². The minimum absolute atomic E-state index is 0.163. The average Bonchev–Trinajstić information content (AvgIpc) is 2.89. The van der Waals surface area contributed by atoms with Gasteiger partial charge in [0.2, 0.25) is 0 Å². The van der Waals surface area contributed by atoms with Gasteiger partial charge in [-0.25, -0.2) is 4.98 Å². The fourth-order valence-electron chi connectivity index (χ4n) is 4.71. The van der Waals surface area contributed by atoms with Gasteiger partial charge in [-0.3, -0.25) is 4.79 Å². The number of amides is 1. The van der Waals surface area contributed by atoms with Crippen LogP contribution in [0.1, 0.15) is 40.0 Å². The maximum absolute atomic E-state index is 13.0. The summed E-state index contributed by atoms with van der Waals surface area (Å²) in [4.78, 5) is 19.5. The monoisotopic (exact) mass is 509 g/mol. The van der Waals surface area contributed by atoms with Crippen LogP contribution in [0.25, 0.3) is 6.08 Å². The van der Waals surface area contributed by atoms with Gasteiger partial charge in [-0.05, 0) is 67.8 Å². The molecule has 2 aromatic carbocycles. The van der Waals surface area contributed by atoms with E-state index < -0.39 is 0 Å². The third kappa shape index (κ3) is 6.04. The van der Waals surface area contributed by atoms with Crippen molar-refractivity contribution >= 4 is 35.2 Å². The Bertz CT molecular complexity index is 1190. The number of aromatic hydroxyl groups is 1. The Kier molecular flexibility index (Phi) is 8.11. The highest BCUT2D eigenvalue weighted by Gasteiger charge is 2.36. The quantitative estimate of drug-likeness (QED) is 0.379. The predicted octanol–water partition coefficient (Wildman–Crippen LogP) is 5.74. The SMILES string of the molecule is C=Cc1cc(C(=O)NCC2(c3ccccc3)CCN(CCc3cccc(Cl)c3O)CC2)cc(Cl)n1. The predicted molar refractivity (Wildman–Crippen MR) is 142 cm³/mol. The van der Waals surface area contributed by atoms with Crippen molar-refractivity contribution < 1.29 is 9.90 Å². The Morgan fingerprint density at radius 3 is 2.57 bits per heavy atom. The summed E-state index contributed by atoms with van der Waals surface area (Å²) in [5, 5.41) is 14.0. The van der Waals surface area contributed by atoms with Crippen LogP contribution in [0.2, 0.25) is 10.2 Å². The topological polar surface area (TPSA) is 65.5 Å². The molecule has 0 spiro atoms. The molecular weight excluding hydrogens is 481 g/mol. The van der Waals surface area contributed by atoms with Crippen LogP contribution in [0.15, 0.2) is 67.2 Å². The lowest BCUT2D eigenvalue weighted by Crippen LogP contribution is -2.49. The zero-order chi connectivity index (χ0) is 24.8. The number of hydrogen-bond donors (Lipinski definition) is 2. The molecule has 2 heterocycles. The Morgan fingerprint density at radius 1 is 1.11 bits per heavy atom. The number of phenols is 1. The number of benzene rings is 2. The second-order valence-corrected chi connectivity index (χ2v) is 9.77. The highest BCUT2D eigenvalue weighted by molar-refractivity contribution is 6.32. The number of aromatic nitrogens is 1. The molecule has 2 N–H and O–H groups in total. The molecule has 182 valence electrons. The van der Waals surface area contributed by atoms with Crippen molar-refractivity contribution in [3.8, 4) is 5.75 Å². The third-order valence-electron chi connectivity index (χ3n) is 6.84. The van der Waals surface area contributed by atoms with Gasteiger partial charge in [0.05, 0.1) is 10.7 Å². The number of carbonyl (C=O) groups excluding carboxylic acids is 1. The summed E-state index contributed by atoms with van der Waals surface area (Å²) in [5.74, 6) is -0.00471. The van der Waals surface area contributed by atoms with E-state index in [1.165, 1.54) is 5.56 Å². The van der Waals surface area contributed by atoms with E-state index in [0.29, 0.717) is 22.8 Å². The Hall–Kier alpha value is -2.86. The Labute approximate surface area is 216 Å². The standard InChI is InChI=1S/C28H29Cl2N3O2/c1-2-23-17-21(18-25(30)32-23)27(35)31-19-28(22-8-4-3-5-9-22)12-15-33(16-13-28)14-11-20-7-6-10-24(29)26(20)34/h2-10,17-18,34H,1,11-16,19H2,(H,31,35). The molecule has 0 bridgehead atoms. The van der Waals surface area contributed by atoms with E-state index in [9.17, 15) is 9.90 Å². The summed E-state index contributed by atoms with van der Waals surface area (Å²) < 4.78 is 0. The molecule has 0 unspecified atom stereocenters. The summed E-state index contributed by atoms with van der Waals surface area (Å²) in [6.45, 7) is 6.88. The van der Waals surface area contributed by atoms with Gasteiger partial charge in [-0.2, -0.15) is 0 Å². The van der Waals surface area contributed by atoms with E-state index in [2.05, 4.69) is 33.9 Å². The van der Waals surface area contributed by atoms with Crippen LogP contribution >= 0.6 is 23.2 Å². The van der Waals surface area contributed by atoms with E-state index in [-0.39, 0.29) is 22.2 Å². The number of halogens is 2. The Morgan fingerprint density at radius 2 is 1.86 bits per heavy atom. The van der Waals surface area contributed by atoms with Crippen LogP contribution in [0, 0.1) is 0 Å². The molecular formula is C28H29Cl2N3O2. The fraction of sp³-hybridized carbons (Fsp3) is 0.286. The van der Waals surface area contributed by atoms with E-state index in [1.54, 1.807) is 24.3 Å². The molecule has 4 rings (SSSR count). The highest BCUT2D eigenvalue weighted by Crippen LogP contribution is 2.35. The van der Waals surface area contributed by atoms with E-state index in [4.69, 9.17) is 23.2 Å². The van der Waals surface area contributed by atoms with Crippen LogP contribution in [-0.2, 0) is 11.8 Å². The average molecular weight is 510 g/mol. The molecule has 5 nitrogen and oxygen atoms in total. The maximum atomic E-state index is 13.0. The van der Waals surface area contributed by atoms with Gasteiger partial charge in [0.1, 0.15) is 10.9 Å². The van der Waals surface area contributed by atoms with Crippen LogP contribution in [0.4, 0.5) is 0 Å². The number of para-hydroxylation sites is 1. The van der Waals surface area contributed by atoms with Crippen LogP contribution in [-0.4, -0.2) is 47.1 Å². The van der Waals surface area contributed by atoms with Gasteiger partial charge in [-0.15, -0.1) is 0 Å². The van der Waals surface area contributed by atoms with Crippen molar-refractivity contribution in [2.24, 2.45) is 0 Å². The number of rotatable bonds is 8. The Balaban J connectivity index is 1.44. The summed E-state index contributed by atoms with van der Waals surface area (Å²) in [5.41, 5.74) is 2.97. The van der Waals surface area contributed by atoms with E-state index in [1.807, 2.05) is 30.3 Å². The molecule has 7 heteroatoms. The number of pyridine rings is 1. The number of nitrogens with one attached hydrogen (secondary N) is 1. The first-order valence-corrected chi connectivity index (χ1v) is 12.5. The largest absolute Gasteiger partial charge is 0.506 e. The molecule has 1 aliphatic rings. The first kappa shape index (κ1) is 25.2. The minimum atomic E-state index is -0.174. The number of hydrogen-bond acceptors (Lipinski definition) is 4. The first-order valence-electron chi connectivity index (χ1n) is 11.7. The lowest BCUT2D eigenvalue weighted by molar-refractivity contribution is 0.0922. The lowest BCUT2D eigenvalue weighted by atomic mass is 9.72. The van der Waals surface area contributed by atoms with E-state index in [0.717, 1.165) is 44.5 Å². The van der Waals surface area contributed by atoms with Crippen molar-refractivity contribution in [1.29, 1.82) is 0 Å². The number of carbonyl (C=O) groups is 1. The molecule has 35 heavy (non-hydrogen) atoms. The second-order valence-electron chi connectivity index (χ2n) is 8.98. The zero-order valence-electron chi connectivity index (χ0n) is 19.5. The molecule has 0 atom stereocenters. The van der Waals surface area contributed by atoms with Crippen LogP contribution in [0.5, 0.6) is 5.75 Å². The van der Waals surface area contributed by atoms with Crippen molar-refractivity contribution in [2.75, 3.05) is 26.2 Å². The molecule has 1 amide bonds. The molecule has 3 aromatic rings. The summed E-state index contributed by atoms with van der Waals surface area (Å²) in [7, 11) is 0. The number of likely N-dealkylation sites (tertiary alicyclic amines) is 1.